The van der Waals surface area contributed by atoms with Crippen LogP contribution in [0.1, 0.15) is 20.3 Å². The van der Waals surface area contributed by atoms with Crippen LogP contribution in [-0.2, 0) is 9.53 Å². The first-order valence-electron chi connectivity index (χ1n) is 4.26. The van der Waals surface area contributed by atoms with Gasteiger partial charge in [0.15, 0.2) is 6.07 Å². The van der Waals surface area contributed by atoms with Gasteiger partial charge in [0.05, 0.1) is 0 Å². The van der Waals surface area contributed by atoms with E-state index in [1.165, 1.54) is 0 Å². The van der Waals surface area contributed by atoms with Crippen molar-refractivity contribution in [2.75, 3.05) is 6.07 Å². The van der Waals surface area contributed by atoms with E-state index in [0.29, 0.717) is 6.42 Å². The van der Waals surface area contributed by atoms with Crippen LogP contribution >= 0.6 is 11.6 Å². The highest BCUT2D eigenvalue weighted by Gasteiger charge is 2.19. The highest BCUT2D eigenvalue weighted by molar-refractivity contribution is 6.17. The number of amides is 2. The second kappa shape index (κ2) is 6.48. The fourth-order valence-corrected chi connectivity index (χ4v) is 1.05. The van der Waals surface area contributed by atoms with Crippen LogP contribution in [0.25, 0.3) is 0 Å². The molecule has 0 aromatic rings. The van der Waals surface area contributed by atoms with E-state index in [4.69, 9.17) is 17.3 Å². The molecule has 0 radical (unpaired) electrons. The van der Waals surface area contributed by atoms with Crippen molar-refractivity contribution in [1.82, 2.24) is 5.32 Å². The number of alkyl halides is 1. The Kier molecular flexibility index (Phi) is 6.03. The van der Waals surface area contributed by atoms with E-state index >= 15 is 0 Å². The molecule has 0 fully saturated rings. The van der Waals surface area contributed by atoms with E-state index in [9.17, 15) is 9.59 Å². The summed E-state index contributed by atoms with van der Waals surface area (Å²) in [5, 5.41) is 2.33. The van der Waals surface area contributed by atoms with Crippen LogP contribution in [0, 0.1) is 5.92 Å². The van der Waals surface area contributed by atoms with Gasteiger partial charge in [-0.2, -0.15) is 0 Å². The van der Waals surface area contributed by atoms with Gasteiger partial charge in [-0.05, 0) is 12.3 Å². The maximum Gasteiger partial charge on any atom is 0.408 e. The van der Waals surface area contributed by atoms with Gasteiger partial charge in [-0.15, -0.1) is 0 Å². The van der Waals surface area contributed by atoms with Gasteiger partial charge in [-0.3, -0.25) is 4.79 Å². The molecule has 5 nitrogen and oxygen atoms in total. The second-order valence-electron chi connectivity index (χ2n) is 3.27. The molecule has 0 heterocycles. The van der Waals surface area contributed by atoms with Gasteiger partial charge < -0.3 is 15.8 Å². The van der Waals surface area contributed by atoms with E-state index in [1.54, 1.807) is 0 Å². The smallest absolute Gasteiger partial charge is 0.408 e. The zero-order valence-corrected chi connectivity index (χ0v) is 9.00. The van der Waals surface area contributed by atoms with Crippen molar-refractivity contribution >= 4 is 23.6 Å². The van der Waals surface area contributed by atoms with Crippen LogP contribution in [-0.4, -0.2) is 24.1 Å². The lowest BCUT2D eigenvalue weighted by Crippen LogP contribution is -2.45. The van der Waals surface area contributed by atoms with Crippen molar-refractivity contribution in [3.8, 4) is 0 Å². The van der Waals surface area contributed by atoms with Crippen molar-refractivity contribution in [3.63, 3.8) is 0 Å². The molecule has 2 amide bonds. The first-order chi connectivity index (χ1) is 6.47. The second-order valence-corrected chi connectivity index (χ2v) is 3.49. The molecule has 0 aromatic heterocycles. The summed E-state index contributed by atoms with van der Waals surface area (Å²) in [5.41, 5.74) is 5.09. The maximum atomic E-state index is 10.9. The van der Waals surface area contributed by atoms with E-state index in [-0.39, 0.29) is 12.0 Å². The fraction of sp³-hybridized carbons (Fsp3) is 0.750. The van der Waals surface area contributed by atoms with Gasteiger partial charge in [0, 0.05) is 0 Å². The summed E-state index contributed by atoms with van der Waals surface area (Å²) >= 11 is 5.17. The quantitative estimate of drug-likeness (QED) is 0.676. The SMILES string of the molecule is CC(C)CC(NC(=O)OCCl)C(N)=O. The Labute approximate surface area is 87.9 Å². The normalized spacial score (nSPS) is 12.3. The zero-order valence-electron chi connectivity index (χ0n) is 8.25. The van der Waals surface area contributed by atoms with Gasteiger partial charge in [-0.1, -0.05) is 25.4 Å². The van der Waals surface area contributed by atoms with Crippen LogP contribution in [0.15, 0.2) is 0 Å². The van der Waals surface area contributed by atoms with Gasteiger partial charge in [0.25, 0.3) is 0 Å². The van der Waals surface area contributed by atoms with Crippen LogP contribution < -0.4 is 11.1 Å². The van der Waals surface area contributed by atoms with Crippen molar-refractivity contribution in [2.45, 2.75) is 26.3 Å². The Morgan fingerprint density at radius 1 is 1.50 bits per heavy atom. The minimum Gasteiger partial charge on any atom is -0.433 e. The lowest BCUT2D eigenvalue weighted by molar-refractivity contribution is -0.120. The first kappa shape index (κ1) is 13.0. The summed E-state index contributed by atoms with van der Waals surface area (Å²) < 4.78 is 4.41. The summed E-state index contributed by atoms with van der Waals surface area (Å²) in [4.78, 5) is 21.8. The zero-order chi connectivity index (χ0) is 11.1. The molecule has 14 heavy (non-hydrogen) atoms. The number of hydrogen-bond donors (Lipinski definition) is 2. The Morgan fingerprint density at radius 2 is 2.07 bits per heavy atom. The molecule has 3 N–H and O–H groups in total. The van der Waals surface area contributed by atoms with Crippen molar-refractivity contribution in [1.29, 1.82) is 0 Å². The first-order valence-corrected chi connectivity index (χ1v) is 4.79. The van der Waals surface area contributed by atoms with Crippen LogP contribution in [0.5, 0.6) is 0 Å². The molecule has 0 spiro atoms. The Balaban J connectivity index is 4.09. The van der Waals surface area contributed by atoms with Crippen molar-refractivity contribution in [3.05, 3.63) is 0 Å². The number of carbonyl (C=O) groups excluding carboxylic acids is 2. The van der Waals surface area contributed by atoms with E-state index in [2.05, 4.69) is 10.1 Å². The molecular formula is C8H15ClN2O3. The summed E-state index contributed by atoms with van der Waals surface area (Å²) in [7, 11) is 0. The third-order valence-corrected chi connectivity index (χ3v) is 1.64. The number of carbonyl (C=O) groups is 2. The number of nitrogens with one attached hydrogen (secondary N) is 1. The number of nitrogens with two attached hydrogens (primary N) is 1. The molecule has 0 saturated heterocycles. The Morgan fingerprint density at radius 3 is 2.43 bits per heavy atom. The third-order valence-electron chi connectivity index (χ3n) is 1.53. The number of ether oxygens (including phenoxy) is 1. The van der Waals surface area contributed by atoms with E-state index in [0.717, 1.165) is 0 Å². The Hall–Kier alpha value is -0.970. The van der Waals surface area contributed by atoms with Gasteiger partial charge in [0.2, 0.25) is 5.91 Å². The Bertz CT molecular complexity index is 209. The van der Waals surface area contributed by atoms with Crippen molar-refractivity contribution in [2.24, 2.45) is 11.7 Å². The average molecular weight is 223 g/mol. The molecule has 0 saturated carbocycles. The molecule has 0 rings (SSSR count). The van der Waals surface area contributed by atoms with Crippen molar-refractivity contribution < 1.29 is 14.3 Å². The molecule has 1 unspecified atom stereocenters. The molecule has 0 aromatic carbocycles. The highest BCUT2D eigenvalue weighted by atomic mass is 35.5. The molecular weight excluding hydrogens is 208 g/mol. The maximum absolute atomic E-state index is 10.9. The number of primary amides is 1. The highest BCUT2D eigenvalue weighted by Crippen LogP contribution is 2.04. The van der Waals surface area contributed by atoms with Crippen LogP contribution in [0.3, 0.4) is 0 Å². The lowest BCUT2D eigenvalue weighted by atomic mass is 10.0. The van der Waals surface area contributed by atoms with E-state index < -0.39 is 18.0 Å². The minimum atomic E-state index is -0.732. The number of alkyl carbamates (subject to hydrolysis) is 1. The fourth-order valence-electron chi connectivity index (χ4n) is 0.951. The summed E-state index contributed by atoms with van der Waals surface area (Å²) in [6, 6.07) is -0.954. The summed E-state index contributed by atoms with van der Waals surface area (Å²) in [6.07, 6.45) is -0.253. The molecule has 0 aliphatic carbocycles. The van der Waals surface area contributed by atoms with Crippen LogP contribution in [0.2, 0.25) is 0 Å². The molecule has 0 bridgehead atoms. The van der Waals surface area contributed by atoms with E-state index in [1.807, 2.05) is 13.8 Å². The lowest BCUT2D eigenvalue weighted by Gasteiger charge is -2.16. The predicted molar refractivity (Wildman–Crippen MR) is 52.8 cm³/mol. The molecule has 82 valence electrons. The summed E-state index contributed by atoms with van der Waals surface area (Å²) in [5.74, 6) is -0.325. The predicted octanol–water partition coefficient (Wildman–Crippen LogP) is 0.809. The van der Waals surface area contributed by atoms with Gasteiger partial charge in [-0.25, -0.2) is 4.79 Å². The number of halogens is 1. The largest absolute Gasteiger partial charge is 0.433 e. The standard InChI is InChI=1S/C8H15ClN2O3/c1-5(2)3-6(7(10)12)11-8(13)14-4-9/h5-6H,3-4H2,1-2H3,(H2,10,12)(H,11,13). The molecule has 0 aliphatic heterocycles. The van der Waals surface area contributed by atoms with Gasteiger partial charge in [0.1, 0.15) is 6.04 Å². The van der Waals surface area contributed by atoms with Gasteiger partial charge >= 0.3 is 6.09 Å². The summed E-state index contributed by atoms with van der Waals surface area (Å²) in [6.45, 7) is 3.84. The molecule has 0 aliphatic rings. The minimum absolute atomic E-state index is 0.251. The molecule has 1 atom stereocenters. The molecule has 6 heteroatoms. The topological polar surface area (TPSA) is 81.4 Å². The number of rotatable bonds is 5. The average Bonchev–Trinajstić information content (AvgIpc) is 2.02. The monoisotopic (exact) mass is 222 g/mol. The van der Waals surface area contributed by atoms with Crippen LogP contribution in [0.4, 0.5) is 4.79 Å². The number of hydrogen-bond acceptors (Lipinski definition) is 3. The third kappa shape index (κ3) is 5.64.